The van der Waals surface area contributed by atoms with Crippen molar-refractivity contribution in [1.82, 2.24) is 9.80 Å². The van der Waals surface area contributed by atoms with E-state index in [9.17, 15) is 18.0 Å². The molecule has 0 spiro atoms. The number of hydrogen-bond acceptors (Lipinski definition) is 5. The molecule has 0 N–H and O–H groups in total. The van der Waals surface area contributed by atoms with Gasteiger partial charge in [0.2, 0.25) is 0 Å². The Morgan fingerprint density at radius 2 is 1.65 bits per heavy atom. The van der Waals surface area contributed by atoms with Crippen molar-refractivity contribution in [2.24, 2.45) is 5.41 Å². The number of benzene rings is 2. The van der Waals surface area contributed by atoms with Crippen LogP contribution >= 0.6 is 0 Å². The predicted molar refractivity (Wildman–Crippen MR) is 119 cm³/mol. The standard InChI is InChI=1S/C25H27F3N2O4/c26-25(27,28)34-20-6-3-18(4-7-20)19-5-8-22-21(13-19)23(31)30(11-12-33-22)15-24(16-32-17-24)14-29-9-1-2-10-29/h3-8,13H,1-2,9-12,14-17H2. The Morgan fingerprint density at radius 1 is 0.941 bits per heavy atom. The molecule has 2 aromatic rings. The van der Waals surface area contributed by atoms with Gasteiger partial charge in [-0.2, -0.15) is 0 Å². The molecular formula is C25H27F3N2O4. The maximum Gasteiger partial charge on any atom is 0.573 e. The largest absolute Gasteiger partial charge is 0.573 e. The highest BCUT2D eigenvalue weighted by molar-refractivity contribution is 5.98. The number of fused-ring (bicyclic) bond motifs is 1. The molecule has 3 aliphatic rings. The summed E-state index contributed by atoms with van der Waals surface area (Å²) in [6.45, 7) is 5.92. The number of halogens is 3. The fourth-order valence-corrected chi connectivity index (χ4v) is 4.98. The molecule has 5 rings (SSSR count). The van der Waals surface area contributed by atoms with Crippen LogP contribution in [0.15, 0.2) is 42.5 Å². The zero-order chi connectivity index (χ0) is 23.8. The highest BCUT2D eigenvalue weighted by atomic mass is 19.4. The van der Waals surface area contributed by atoms with Crippen LogP contribution in [-0.4, -0.2) is 74.6 Å². The molecule has 9 heteroatoms. The summed E-state index contributed by atoms with van der Waals surface area (Å²) in [5.41, 5.74) is 1.80. The van der Waals surface area contributed by atoms with Gasteiger partial charge >= 0.3 is 6.36 Å². The molecule has 0 atom stereocenters. The molecule has 3 heterocycles. The molecule has 1 amide bonds. The Bertz CT molecular complexity index is 1030. The van der Waals surface area contributed by atoms with E-state index < -0.39 is 6.36 Å². The molecule has 182 valence electrons. The smallest absolute Gasteiger partial charge is 0.491 e. The molecule has 0 aliphatic carbocycles. The second-order valence-electron chi connectivity index (χ2n) is 9.33. The van der Waals surface area contributed by atoms with Crippen molar-refractivity contribution in [3.63, 3.8) is 0 Å². The van der Waals surface area contributed by atoms with Crippen LogP contribution in [0.2, 0.25) is 0 Å². The molecule has 0 saturated carbocycles. The van der Waals surface area contributed by atoms with E-state index in [1.54, 1.807) is 30.3 Å². The van der Waals surface area contributed by atoms with Crippen LogP contribution in [-0.2, 0) is 4.74 Å². The Morgan fingerprint density at radius 3 is 2.29 bits per heavy atom. The van der Waals surface area contributed by atoms with Crippen LogP contribution in [0, 0.1) is 5.41 Å². The lowest BCUT2D eigenvalue weighted by Crippen LogP contribution is -2.57. The first-order valence-corrected chi connectivity index (χ1v) is 11.5. The summed E-state index contributed by atoms with van der Waals surface area (Å²) < 4.78 is 52.7. The SMILES string of the molecule is O=C1c2cc(-c3ccc(OC(F)(F)F)cc3)ccc2OCCN1CC1(CN2CCCC2)COC1. The molecule has 2 fully saturated rings. The highest BCUT2D eigenvalue weighted by Crippen LogP contribution is 2.35. The summed E-state index contributed by atoms with van der Waals surface area (Å²) in [5, 5.41) is 0. The van der Waals surface area contributed by atoms with Crippen LogP contribution in [0.1, 0.15) is 23.2 Å². The van der Waals surface area contributed by atoms with E-state index in [2.05, 4.69) is 9.64 Å². The van der Waals surface area contributed by atoms with Gasteiger partial charge in [-0.25, -0.2) is 0 Å². The molecule has 2 saturated heterocycles. The molecule has 0 bridgehead atoms. The molecule has 0 unspecified atom stereocenters. The zero-order valence-electron chi connectivity index (χ0n) is 18.8. The van der Waals surface area contributed by atoms with Crippen molar-refractivity contribution < 1.29 is 32.2 Å². The summed E-state index contributed by atoms with van der Waals surface area (Å²) in [6.07, 6.45) is -2.31. The first kappa shape index (κ1) is 23.0. The van der Waals surface area contributed by atoms with Gasteiger partial charge < -0.3 is 24.0 Å². The average molecular weight is 476 g/mol. The summed E-state index contributed by atoms with van der Waals surface area (Å²) >= 11 is 0. The summed E-state index contributed by atoms with van der Waals surface area (Å²) in [5.74, 6) is 0.133. The van der Waals surface area contributed by atoms with Crippen LogP contribution in [0.4, 0.5) is 13.2 Å². The summed E-state index contributed by atoms with van der Waals surface area (Å²) in [4.78, 5) is 17.8. The minimum Gasteiger partial charge on any atom is -0.491 e. The summed E-state index contributed by atoms with van der Waals surface area (Å²) in [7, 11) is 0. The lowest BCUT2D eigenvalue weighted by atomic mass is 9.84. The molecule has 6 nitrogen and oxygen atoms in total. The van der Waals surface area contributed by atoms with E-state index in [0.717, 1.165) is 25.2 Å². The van der Waals surface area contributed by atoms with Crippen LogP contribution < -0.4 is 9.47 Å². The van der Waals surface area contributed by atoms with Gasteiger partial charge in [-0.3, -0.25) is 4.79 Å². The van der Waals surface area contributed by atoms with Gasteiger partial charge in [0.25, 0.3) is 5.91 Å². The number of ether oxygens (including phenoxy) is 3. The molecule has 0 radical (unpaired) electrons. The Labute approximate surface area is 196 Å². The Balaban J connectivity index is 1.34. The van der Waals surface area contributed by atoms with Gasteiger partial charge in [0.15, 0.2) is 0 Å². The number of hydrogen-bond donors (Lipinski definition) is 0. The molecule has 0 aromatic heterocycles. The highest BCUT2D eigenvalue weighted by Gasteiger charge is 2.43. The number of amides is 1. The maximum atomic E-state index is 13.5. The van der Waals surface area contributed by atoms with E-state index in [1.165, 1.54) is 25.0 Å². The van der Waals surface area contributed by atoms with E-state index in [1.807, 2.05) is 4.90 Å². The molecular weight excluding hydrogens is 449 g/mol. The predicted octanol–water partition coefficient (Wildman–Crippen LogP) is 4.20. The van der Waals surface area contributed by atoms with Crippen LogP contribution in [0.5, 0.6) is 11.5 Å². The van der Waals surface area contributed by atoms with Crippen LogP contribution in [0.25, 0.3) is 11.1 Å². The monoisotopic (exact) mass is 476 g/mol. The number of carbonyl (C=O) groups excluding carboxylic acids is 1. The van der Waals surface area contributed by atoms with Crippen molar-refractivity contribution in [3.05, 3.63) is 48.0 Å². The Kier molecular flexibility index (Phi) is 6.16. The lowest BCUT2D eigenvalue weighted by Gasteiger charge is -2.46. The van der Waals surface area contributed by atoms with Crippen molar-refractivity contribution in [2.75, 3.05) is 52.5 Å². The number of carbonyl (C=O) groups is 1. The number of rotatable bonds is 6. The zero-order valence-corrected chi connectivity index (χ0v) is 18.8. The topological polar surface area (TPSA) is 51.2 Å². The average Bonchev–Trinajstić information content (AvgIpc) is 3.23. The van der Waals surface area contributed by atoms with Gasteiger partial charge in [-0.15, -0.1) is 13.2 Å². The third-order valence-corrected chi connectivity index (χ3v) is 6.64. The van der Waals surface area contributed by atoms with Gasteiger partial charge in [0, 0.05) is 18.5 Å². The first-order valence-electron chi connectivity index (χ1n) is 11.5. The second-order valence-corrected chi connectivity index (χ2v) is 9.33. The molecule has 2 aromatic carbocycles. The lowest BCUT2D eigenvalue weighted by molar-refractivity contribution is -0.274. The molecule has 3 aliphatic heterocycles. The van der Waals surface area contributed by atoms with Gasteiger partial charge in [0.1, 0.15) is 18.1 Å². The van der Waals surface area contributed by atoms with Gasteiger partial charge in [-0.05, 0) is 61.3 Å². The van der Waals surface area contributed by atoms with Crippen molar-refractivity contribution in [1.29, 1.82) is 0 Å². The van der Waals surface area contributed by atoms with E-state index >= 15 is 0 Å². The number of likely N-dealkylation sites (tertiary alicyclic amines) is 1. The quantitative estimate of drug-likeness (QED) is 0.626. The van der Waals surface area contributed by atoms with Crippen molar-refractivity contribution in [3.8, 4) is 22.6 Å². The Hall–Kier alpha value is -2.78. The molecule has 34 heavy (non-hydrogen) atoms. The van der Waals surface area contributed by atoms with Gasteiger partial charge in [-0.1, -0.05) is 18.2 Å². The number of alkyl halides is 3. The fraction of sp³-hybridized carbons (Fsp3) is 0.480. The summed E-state index contributed by atoms with van der Waals surface area (Å²) in [6, 6.07) is 10.9. The van der Waals surface area contributed by atoms with E-state index in [4.69, 9.17) is 9.47 Å². The van der Waals surface area contributed by atoms with E-state index in [0.29, 0.717) is 49.8 Å². The fourth-order valence-electron chi connectivity index (χ4n) is 4.98. The van der Waals surface area contributed by atoms with Crippen LogP contribution in [0.3, 0.4) is 0 Å². The minimum atomic E-state index is -4.74. The maximum absolute atomic E-state index is 13.5. The van der Waals surface area contributed by atoms with Crippen molar-refractivity contribution in [2.45, 2.75) is 19.2 Å². The second kappa shape index (κ2) is 9.11. The van der Waals surface area contributed by atoms with E-state index in [-0.39, 0.29) is 17.1 Å². The first-order chi connectivity index (χ1) is 16.3. The third kappa shape index (κ3) is 5.00. The number of nitrogens with zero attached hydrogens (tertiary/aromatic N) is 2. The van der Waals surface area contributed by atoms with Crippen molar-refractivity contribution >= 4 is 5.91 Å². The minimum absolute atomic E-state index is 0.0591. The normalized spacial score (nSPS) is 20.3. The third-order valence-electron chi connectivity index (χ3n) is 6.64. The van der Waals surface area contributed by atoms with Gasteiger partial charge in [0.05, 0.1) is 25.3 Å².